The molecule has 2 spiro atoms. The molecule has 0 aromatic rings. The van der Waals surface area contributed by atoms with Gasteiger partial charge in [-0.2, -0.15) is 0 Å². The summed E-state index contributed by atoms with van der Waals surface area (Å²) in [5.74, 6) is 4.01. The molecule has 5 saturated carbocycles. The lowest BCUT2D eigenvalue weighted by Crippen LogP contribution is -2.56. The molecule has 0 saturated heterocycles. The average molecular weight is 444 g/mol. The van der Waals surface area contributed by atoms with Gasteiger partial charge in [0.1, 0.15) is 0 Å². The molecule has 0 radical (unpaired) electrons. The number of hydrogen-bond acceptors (Lipinski definition) is 3. The van der Waals surface area contributed by atoms with Crippen molar-refractivity contribution >= 4 is 5.71 Å². The van der Waals surface area contributed by atoms with Gasteiger partial charge >= 0.3 is 0 Å². The topological polar surface area (TPSA) is 52.8 Å². The van der Waals surface area contributed by atoms with Gasteiger partial charge in [-0.3, -0.25) is 0 Å². The normalized spacial score (nSPS) is 53.2. The summed E-state index contributed by atoms with van der Waals surface area (Å²) in [5, 5.41) is 23.6. The number of aliphatic hydroxyl groups is 1. The minimum atomic E-state index is -0.0563. The molecular weight excluding hydrogens is 394 g/mol. The van der Waals surface area contributed by atoms with Crippen molar-refractivity contribution in [3.05, 3.63) is 0 Å². The second kappa shape index (κ2) is 7.46. The van der Waals surface area contributed by atoms with Gasteiger partial charge in [0.15, 0.2) is 0 Å². The summed E-state index contributed by atoms with van der Waals surface area (Å²) in [4.78, 5) is 0. The number of oxime groups is 1. The number of rotatable bonds is 5. The van der Waals surface area contributed by atoms with Crippen LogP contribution in [0.1, 0.15) is 112 Å². The Kier molecular flexibility index (Phi) is 5.41. The van der Waals surface area contributed by atoms with Gasteiger partial charge in [-0.1, -0.05) is 46.7 Å². The van der Waals surface area contributed by atoms with Gasteiger partial charge in [0.25, 0.3) is 0 Å². The maximum absolute atomic E-state index is 10.6. The van der Waals surface area contributed by atoms with Crippen LogP contribution in [0.2, 0.25) is 0 Å². The van der Waals surface area contributed by atoms with Crippen molar-refractivity contribution in [2.24, 2.45) is 62.3 Å². The maximum atomic E-state index is 10.6. The molecule has 5 rings (SSSR count). The summed E-state index contributed by atoms with van der Waals surface area (Å²) in [6.07, 6.45) is 14.3. The Morgan fingerprint density at radius 1 is 0.938 bits per heavy atom. The first-order valence-electron chi connectivity index (χ1n) is 14.0. The van der Waals surface area contributed by atoms with Crippen LogP contribution in [0.25, 0.3) is 0 Å². The summed E-state index contributed by atoms with van der Waals surface area (Å²) in [7, 11) is 0. The molecule has 3 nitrogen and oxygen atoms in total. The molecule has 5 aliphatic rings. The minimum absolute atomic E-state index is 0.0563. The molecule has 3 heteroatoms. The molecule has 0 amide bonds. The number of hydrogen-bond donors (Lipinski definition) is 2. The summed E-state index contributed by atoms with van der Waals surface area (Å²) in [6, 6.07) is 0. The summed E-state index contributed by atoms with van der Waals surface area (Å²) < 4.78 is 0. The molecular formula is C29H49NO2. The van der Waals surface area contributed by atoms with Crippen LogP contribution in [0, 0.1) is 57.2 Å². The van der Waals surface area contributed by atoms with E-state index in [4.69, 9.17) is 0 Å². The minimum Gasteiger partial charge on any atom is -0.411 e. The third-order valence-corrected chi connectivity index (χ3v) is 13.1. The van der Waals surface area contributed by atoms with Crippen molar-refractivity contribution < 1.29 is 10.3 Å². The second-order valence-corrected chi connectivity index (χ2v) is 13.9. The SMILES string of the molecule is CC(C)C(CCC(C)C1CCC2(C)C3CCC4C(C)C(O)CCC45CC35CCC12C)=NO. The van der Waals surface area contributed by atoms with E-state index in [1.165, 1.54) is 51.4 Å². The zero-order chi connectivity index (χ0) is 23.1. The third kappa shape index (κ3) is 2.78. The molecule has 10 atom stereocenters. The van der Waals surface area contributed by atoms with Gasteiger partial charge in [-0.05, 0) is 128 Å². The van der Waals surface area contributed by atoms with E-state index >= 15 is 0 Å². The molecule has 2 N–H and O–H groups in total. The Morgan fingerprint density at radius 2 is 1.69 bits per heavy atom. The Bertz CT molecular complexity index is 777. The highest BCUT2D eigenvalue weighted by Gasteiger charge is 2.81. The first kappa shape index (κ1) is 23.2. The fraction of sp³-hybridized carbons (Fsp3) is 0.966. The van der Waals surface area contributed by atoms with Gasteiger partial charge in [0.2, 0.25) is 0 Å². The van der Waals surface area contributed by atoms with Crippen LogP contribution in [-0.4, -0.2) is 22.1 Å². The fourth-order valence-electron chi connectivity index (χ4n) is 11.0. The predicted octanol–water partition coefficient (Wildman–Crippen LogP) is 7.30. The average Bonchev–Trinajstić information content (AvgIpc) is 3.33. The lowest BCUT2D eigenvalue weighted by Gasteiger charge is -2.62. The standard InChI is InChI=1S/C29H49NO2/c1-18(2)23(30-32)9-7-19(3)21-11-13-27(6)25-10-8-22-20(4)24(31)12-14-28(22)17-29(25,28)16-15-26(21,27)5/h18-22,24-25,31-32H,7-17H2,1-6H3. The highest BCUT2D eigenvalue weighted by atomic mass is 16.4. The van der Waals surface area contributed by atoms with Crippen molar-refractivity contribution in [1.29, 1.82) is 0 Å². The third-order valence-electron chi connectivity index (χ3n) is 13.1. The zero-order valence-corrected chi connectivity index (χ0v) is 21.7. The Balaban J connectivity index is 1.36. The second-order valence-electron chi connectivity index (χ2n) is 13.9. The first-order chi connectivity index (χ1) is 15.1. The molecule has 32 heavy (non-hydrogen) atoms. The number of aliphatic hydroxyl groups excluding tert-OH is 1. The van der Waals surface area contributed by atoms with E-state index in [0.29, 0.717) is 39.4 Å². The van der Waals surface area contributed by atoms with Gasteiger partial charge in [-0.15, -0.1) is 0 Å². The predicted molar refractivity (Wildman–Crippen MR) is 131 cm³/mol. The summed E-state index contributed by atoms with van der Waals surface area (Å²) in [6.45, 7) is 14.5. The van der Waals surface area contributed by atoms with E-state index in [0.717, 1.165) is 42.7 Å². The van der Waals surface area contributed by atoms with E-state index in [-0.39, 0.29) is 6.10 Å². The van der Waals surface area contributed by atoms with E-state index in [9.17, 15) is 10.3 Å². The largest absolute Gasteiger partial charge is 0.411 e. The molecule has 10 unspecified atom stereocenters. The summed E-state index contributed by atoms with van der Waals surface area (Å²) >= 11 is 0. The Morgan fingerprint density at radius 3 is 2.38 bits per heavy atom. The molecule has 182 valence electrons. The first-order valence-corrected chi connectivity index (χ1v) is 14.0. The van der Waals surface area contributed by atoms with Crippen molar-refractivity contribution in [2.75, 3.05) is 0 Å². The van der Waals surface area contributed by atoms with E-state index in [1.54, 1.807) is 0 Å². The molecule has 0 aromatic carbocycles. The highest BCUT2D eigenvalue weighted by Crippen LogP contribution is 2.88. The van der Waals surface area contributed by atoms with Crippen LogP contribution in [-0.2, 0) is 0 Å². The van der Waals surface area contributed by atoms with Crippen LogP contribution < -0.4 is 0 Å². The van der Waals surface area contributed by atoms with Crippen molar-refractivity contribution in [1.82, 2.24) is 0 Å². The van der Waals surface area contributed by atoms with Crippen LogP contribution in [0.3, 0.4) is 0 Å². The lowest BCUT2D eigenvalue weighted by molar-refractivity contribution is -0.142. The zero-order valence-electron chi connectivity index (χ0n) is 21.7. The molecule has 0 heterocycles. The number of nitrogens with zero attached hydrogens (tertiary/aromatic N) is 1. The van der Waals surface area contributed by atoms with Gasteiger partial charge < -0.3 is 10.3 Å². The van der Waals surface area contributed by atoms with Crippen molar-refractivity contribution in [2.45, 2.75) is 118 Å². The monoisotopic (exact) mass is 443 g/mol. The molecule has 5 fully saturated rings. The summed E-state index contributed by atoms with van der Waals surface area (Å²) in [5.41, 5.74) is 3.08. The van der Waals surface area contributed by atoms with E-state index in [1.807, 2.05) is 0 Å². The Labute approximate surface area is 196 Å². The highest BCUT2D eigenvalue weighted by molar-refractivity contribution is 5.85. The van der Waals surface area contributed by atoms with Gasteiger partial charge in [0.05, 0.1) is 11.8 Å². The van der Waals surface area contributed by atoms with Gasteiger partial charge in [0, 0.05) is 0 Å². The van der Waals surface area contributed by atoms with Crippen LogP contribution in [0.4, 0.5) is 0 Å². The molecule has 0 bridgehead atoms. The van der Waals surface area contributed by atoms with E-state index in [2.05, 4.69) is 46.7 Å². The Hall–Kier alpha value is -0.570. The van der Waals surface area contributed by atoms with Crippen molar-refractivity contribution in [3.8, 4) is 0 Å². The van der Waals surface area contributed by atoms with Gasteiger partial charge in [-0.25, -0.2) is 0 Å². The van der Waals surface area contributed by atoms with E-state index < -0.39 is 0 Å². The maximum Gasteiger partial charge on any atom is 0.0596 e. The molecule has 0 aromatic heterocycles. The quantitative estimate of drug-likeness (QED) is 0.266. The molecule has 5 aliphatic carbocycles. The lowest BCUT2D eigenvalue weighted by atomic mass is 9.43. The fourth-order valence-corrected chi connectivity index (χ4v) is 11.0. The van der Waals surface area contributed by atoms with Crippen molar-refractivity contribution in [3.63, 3.8) is 0 Å². The number of fused-ring (bicyclic) bond motifs is 2. The smallest absolute Gasteiger partial charge is 0.0596 e. The molecule has 0 aliphatic heterocycles. The van der Waals surface area contributed by atoms with Crippen LogP contribution in [0.5, 0.6) is 0 Å². The van der Waals surface area contributed by atoms with Crippen LogP contribution >= 0.6 is 0 Å². The van der Waals surface area contributed by atoms with Crippen LogP contribution in [0.15, 0.2) is 5.16 Å².